The lowest BCUT2D eigenvalue weighted by Crippen LogP contribution is -2.54. The lowest BCUT2D eigenvalue weighted by Gasteiger charge is -2.37. The lowest BCUT2D eigenvalue weighted by molar-refractivity contribution is -0.148. The smallest absolute Gasteiger partial charge is 0.254 e. The van der Waals surface area contributed by atoms with Crippen molar-refractivity contribution in [1.29, 1.82) is 0 Å². The zero-order chi connectivity index (χ0) is 13.2. The monoisotopic (exact) mass is 250 g/mol. The first-order chi connectivity index (χ1) is 8.48. The van der Waals surface area contributed by atoms with Crippen LogP contribution in [0.25, 0.3) is 0 Å². The number of aliphatic hydroxyl groups is 1. The van der Waals surface area contributed by atoms with E-state index in [-0.39, 0.29) is 5.91 Å². The van der Waals surface area contributed by atoms with Gasteiger partial charge in [-0.3, -0.25) is 4.79 Å². The van der Waals surface area contributed by atoms with Gasteiger partial charge in [-0.15, -0.1) is 0 Å². The highest BCUT2D eigenvalue weighted by atomic mass is 16.3. The van der Waals surface area contributed by atoms with Gasteiger partial charge < -0.3 is 14.9 Å². The van der Waals surface area contributed by atoms with Crippen molar-refractivity contribution < 1.29 is 9.90 Å². The molecule has 1 amide bonds. The van der Waals surface area contributed by atoms with E-state index in [1.807, 2.05) is 4.90 Å². The number of anilines is 1. The topological polar surface area (TPSA) is 69.6 Å². The minimum absolute atomic E-state index is 0.226. The van der Waals surface area contributed by atoms with Crippen LogP contribution in [0.3, 0.4) is 0 Å². The van der Waals surface area contributed by atoms with Gasteiger partial charge in [0.1, 0.15) is 5.60 Å². The summed E-state index contributed by atoms with van der Waals surface area (Å²) in [6, 6.07) is 1.78. The summed E-state index contributed by atoms with van der Waals surface area (Å²) in [6.07, 6.45) is 3.41. The van der Waals surface area contributed by atoms with E-state index in [0.29, 0.717) is 32.1 Å². The third-order valence-electron chi connectivity index (χ3n) is 2.93. The molecular weight excluding hydrogens is 232 g/mol. The Bertz CT molecular complexity index is 408. The van der Waals surface area contributed by atoms with Crippen molar-refractivity contribution in [2.45, 2.75) is 19.4 Å². The van der Waals surface area contributed by atoms with Crippen LogP contribution in [0, 0.1) is 0 Å². The summed E-state index contributed by atoms with van der Waals surface area (Å²) in [5, 5.41) is 9.69. The first kappa shape index (κ1) is 12.8. The van der Waals surface area contributed by atoms with Crippen LogP contribution in [0.15, 0.2) is 18.5 Å². The van der Waals surface area contributed by atoms with Crippen LogP contribution in [0.1, 0.15) is 13.8 Å². The highest BCUT2D eigenvalue weighted by molar-refractivity contribution is 5.84. The molecule has 98 valence electrons. The predicted molar refractivity (Wildman–Crippen MR) is 67.1 cm³/mol. The predicted octanol–water partition coefficient (Wildman–Crippen LogP) is -0.104. The third kappa shape index (κ3) is 2.76. The number of piperazine rings is 1. The van der Waals surface area contributed by atoms with E-state index in [2.05, 4.69) is 9.97 Å². The SMILES string of the molecule is CC(C)(O)C(=O)N1CCN(c2ncccn2)CC1. The molecule has 0 bridgehead atoms. The van der Waals surface area contributed by atoms with Gasteiger partial charge in [0.25, 0.3) is 5.91 Å². The Kier molecular flexibility index (Phi) is 3.47. The minimum atomic E-state index is -1.30. The number of rotatable bonds is 2. The van der Waals surface area contributed by atoms with E-state index < -0.39 is 5.60 Å². The van der Waals surface area contributed by atoms with E-state index >= 15 is 0 Å². The Labute approximate surface area is 106 Å². The second kappa shape index (κ2) is 4.89. The van der Waals surface area contributed by atoms with Crippen LogP contribution in [0.4, 0.5) is 5.95 Å². The number of hydrogen-bond donors (Lipinski definition) is 1. The average Bonchev–Trinajstić information content (AvgIpc) is 2.38. The number of nitrogens with zero attached hydrogens (tertiary/aromatic N) is 4. The van der Waals surface area contributed by atoms with E-state index in [4.69, 9.17) is 0 Å². The Hall–Kier alpha value is -1.69. The molecule has 1 aromatic heterocycles. The molecule has 1 aliphatic rings. The third-order valence-corrected chi connectivity index (χ3v) is 2.93. The summed E-state index contributed by atoms with van der Waals surface area (Å²) in [5.41, 5.74) is -1.30. The summed E-state index contributed by atoms with van der Waals surface area (Å²) in [6.45, 7) is 5.57. The van der Waals surface area contributed by atoms with Crippen LogP contribution in [0.2, 0.25) is 0 Å². The Balaban J connectivity index is 1.95. The maximum absolute atomic E-state index is 11.9. The fraction of sp³-hybridized carbons (Fsp3) is 0.583. The number of amides is 1. The summed E-state index contributed by atoms with van der Waals surface area (Å²) >= 11 is 0. The van der Waals surface area contributed by atoms with E-state index in [1.54, 1.807) is 23.4 Å². The first-order valence-corrected chi connectivity index (χ1v) is 6.02. The Morgan fingerprint density at radius 3 is 2.28 bits per heavy atom. The molecule has 0 radical (unpaired) electrons. The molecule has 1 N–H and O–H groups in total. The molecule has 0 saturated carbocycles. The van der Waals surface area contributed by atoms with Gasteiger partial charge in [0, 0.05) is 38.6 Å². The van der Waals surface area contributed by atoms with Gasteiger partial charge in [0.05, 0.1) is 0 Å². The van der Waals surface area contributed by atoms with Gasteiger partial charge in [-0.1, -0.05) is 0 Å². The molecule has 1 saturated heterocycles. The van der Waals surface area contributed by atoms with Gasteiger partial charge in [0.15, 0.2) is 0 Å². The van der Waals surface area contributed by atoms with Crippen molar-refractivity contribution in [2.75, 3.05) is 31.1 Å². The van der Waals surface area contributed by atoms with Crippen LogP contribution in [-0.2, 0) is 4.79 Å². The van der Waals surface area contributed by atoms with E-state index in [9.17, 15) is 9.90 Å². The minimum Gasteiger partial charge on any atom is -0.381 e. The second-order valence-electron chi connectivity index (χ2n) is 4.89. The summed E-state index contributed by atoms with van der Waals surface area (Å²) in [4.78, 5) is 24.0. The molecule has 0 spiro atoms. The van der Waals surface area contributed by atoms with Crippen LogP contribution in [-0.4, -0.2) is 57.7 Å². The number of carbonyl (C=O) groups excluding carboxylic acids is 1. The molecule has 1 aliphatic heterocycles. The van der Waals surface area contributed by atoms with Crippen molar-refractivity contribution in [3.8, 4) is 0 Å². The number of aromatic nitrogens is 2. The normalized spacial score (nSPS) is 16.8. The maximum atomic E-state index is 11.9. The zero-order valence-corrected chi connectivity index (χ0v) is 10.7. The molecule has 1 fully saturated rings. The zero-order valence-electron chi connectivity index (χ0n) is 10.7. The highest BCUT2D eigenvalue weighted by Gasteiger charge is 2.31. The number of carbonyl (C=O) groups is 1. The molecule has 0 aliphatic carbocycles. The average molecular weight is 250 g/mol. The van der Waals surface area contributed by atoms with Crippen molar-refractivity contribution in [2.24, 2.45) is 0 Å². The molecule has 0 atom stereocenters. The molecule has 6 heteroatoms. The molecule has 1 aromatic rings. The fourth-order valence-corrected chi connectivity index (χ4v) is 1.95. The maximum Gasteiger partial charge on any atom is 0.254 e. The molecule has 2 rings (SSSR count). The molecular formula is C12H18N4O2. The molecule has 0 aromatic carbocycles. The van der Waals surface area contributed by atoms with Gasteiger partial charge >= 0.3 is 0 Å². The lowest BCUT2D eigenvalue weighted by atomic mass is 10.1. The second-order valence-corrected chi connectivity index (χ2v) is 4.89. The van der Waals surface area contributed by atoms with Gasteiger partial charge in [0.2, 0.25) is 5.95 Å². The van der Waals surface area contributed by atoms with Crippen LogP contribution >= 0.6 is 0 Å². The quantitative estimate of drug-likeness (QED) is 0.793. The van der Waals surface area contributed by atoms with Crippen molar-refractivity contribution >= 4 is 11.9 Å². The summed E-state index contributed by atoms with van der Waals surface area (Å²) < 4.78 is 0. The Morgan fingerprint density at radius 1 is 1.22 bits per heavy atom. The van der Waals surface area contributed by atoms with Crippen LogP contribution in [0.5, 0.6) is 0 Å². The molecule has 0 unspecified atom stereocenters. The van der Waals surface area contributed by atoms with Gasteiger partial charge in [-0.25, -0.2) is 9.97 Å². The van der Waals surface area contributed by atoms with Gasteiger partial charge in [-0.2, -0.15) is 0 Å². The van der Waals surface area contributed by atoms with E-state index in [0.717, 1.165) is 0 Å². The van der Waals surface area contributed by atoms with E-state index in [1.165, 1.54) is 13.8 Å². The molecule has 18 heavy (non-hydrogen) atoms. The van der Waals surface area contributed by atoms with Crippen LogP contribution < -0.4 is 4.90 Å². The number of hydrogen-bond acceptors (Lipinski definition) is 5. The molecule has 6 nitrogen and oxygen atoms in total. The largest absolute Gasteiger partial charge is 0.381 e. The van der Waals surface area contributed by atoms with Crippen molar-refractivity contribution in [3.63, 3.8) is 0 Å². The Morgan fingerprint density at radius 2 is 1.78 bits per heavy atom. The van der Waals surface area contributed by atoms with Gasteiger partial charge in [-0.05, 0) is 19.9 Å². The highest BCUT2D eigenvalue weighted by Crippen LogP contribution is 2.13. The fourth-order valence-electron chi connectivity index (χ4n) is 1.95. The van der Waals surface area contributed by atoms with Crippen molar-refractivity contribution in [1.82, 2.24) is 14.9 Å². The standard InChI is InChI=1S/C12H18N4O2/c1-12(2,18)10(17)15-6-8-16(9-7-15)11-13-4-3-5-14-11/h3-5,18H,6-9H2,1-2H3. The first-order valence-electron chi connectivity index (χ1n) is 6.02. The summed E-state index contributed by atoms with van der Waals surface area (Å²) in [7, 11) is 0. The van der Waals surface area contributed by atoms with Crippen molar-refractivity contribution in [3.05, 3.63) is 18.5 Å². The summed E-state index contributed by atoms with van der Waals surface area (Å²) in [5.74, 6) is 0.462. The molecule has 2 heterocycles.